The van der Waals surface area contributed by atoms with Gasteiger partial charge >= 0.3 is 0 Å². The number of Topliss-reactive ketones (excluding diaryl/α,β-unsaturated/α-hetero) is 1. The Morgan fingerprint density at radius 3 is 2.55 bits per heavy atom. The summed E-state index contributed by atoms with van der Waals surface area (Å²) >= 11 is 6.15. The van der Waals surface area contributed by atoms with Gasteiger partial charge in [-0.25, -0.2) is 0 Å². The van der Waals surface area contributed by atoms with Crippen molar-refractivity contribution in [1.29, 1.82) is 0 Å². The highest BCUT2D eigenvalue weighted by Gasteiger charge is 2.47. The van der Waals surface area contributed by atoms with Crippen molar-refractivity contribution in [3.8, 4) is 5.75 Å². The summed E-state index contributed by atoms with van der Waals surface area (Å²) in [7, 11) is 1.47. The summed E-state index contributed by atoms with van der Waals surface area (Å²) < 4.78 is 15.9. The topological polar surface area (TPSA) is 93.1 Å². The lowest BCUT2D eigenvalue weighted by Gasteiger charge is -2.22. The molecule has 0 radical (unpaired) electrons. The third kappa shape index (κ3) is 3.30. The predicted octanol–water partition coefficient (Wildman–Crippen LogP) is 4.16. The van der Waals surface area contributed by atoms with E-state index >= 15 is 0 Å². The normalized spacial score (nSPS) is 18.4. The first-order valence-electron chi connectivity index (χ1n) is 8.69. The van der Waals surface area contributed by atoms with Crippen LogP contribution in [-0.4, -0.2) is 28.8 Å². The van der Waals surface area contributed by atoms with Gasteiger partial charge in [-0.15, -0.1) is 0 Å². The van der Waals surface area contributed by atoms with Crippen LogP contribution >= 0.6 is 11.6 Å². The Morgan fingerprint density at radius 1 is 1.17 bits per heavy atom. The first kappa shape index (κ1) is 18.9. The monoisotopic (exact) mass is 413 g/mol. The molecule has 0 aliphatic carbocycles. The van der Waals surface area contributed by atoms with Crippen LogP contribution in [0.1, 0.15) is 23.1 Å². The van der Waals surface area contributed by atoms with Crippen LogP contribution in [0.15, 0.2) is 69.4 Å². The minimum Gasteiger partial charge on any atom is -0.507 e. The highest BCUT2D eigenvalue weighted by Crippen LogP contribution is 2.41. The van der Waals surface area contributed by atoms with Crippen LogP contribution in [0, 0.1) is 0 Å². The molecule has 1 aromatic carbocycles. The molecule has 1 aliphatic rings. The van der Waals surface area contributed by atoms with E-state index in [2.05, 4.69) is 0 Å². The van der Waals surface area contributed by atoms with Gasteiger partial charge in [0, 0.05) is 5.56 Å². The Kier molecular flexibility index (Phi) is 4.90. The van der Waals surface area contributed by atoms with Gasteiger partial charge in [-0.05, 0) is 42.5 Å². The van der Waals surface area contributed by atoms with Crippen molar-refractivity contribution >= 4 is 29.1 Å². The van der Waals surface area contributed by atoms with Crippen LogP contribution in [-0.2, 0) is 16.1 Å². The molecule has 0 saturated carbocycles. The number of carbonyl (C=O) groups excluding carboxylic acids is 2. The zero-order valence-corrected chi connectivity index (χ0v) is 16.1. The van der Waals surface area contributed by atoms with E-state index in [1.165, 1.54) is 30.6 Å². The maximum absolute atomic E-state index is 12.8. The Balaban J connectivity index is 1.83. The molecule has 1 fully saturated rings. The number of hydrogen-bond donors (Lipinski definition) is 1. The molecule has 148 valence electrons. The van der Waals surface area contributed by atoms with Gasteiger partial charge < -0.3 is 23.6 Å². The molecule has 3 heterocycles. The zero-order chi connectivity index (χ0) is 20.5. The lowest BCUT2D eigenvalue weighted by molar-refractivity contribution is -0.140. The van der Waals surface area contributed by atoms with E-state index in [1.807, 2.05) is 0 Å². The fourth-order valence-corrected chi connectivity index (χ4v) is 3.58. The first-order valence-corrected chi connectivity index (χ1v) is 9.07. The fourth-order valence-electron chi connectivity index (χ4n) is 3.33. The number of ether oxygens (including phenoxy) is 1. The van der Waals surface area contributed by atoms with Crippen LogP contribution in [0.3, 0.4) is 0 Å². The summed E-state index contributed by atoms with van der Waals surface area (Å²) in [6.45, 7) is 0.0447. The molecule has 7 nitrogen and oxygen atoms in total. The van der Waals surface area contributed by atoms with Gasteiger partial charge in [0.2, 0.25) is 0 Å². The van der Waals surface area contributed by atoms with Crippen LogP contribution in [0.25, 0.3) is 5.76 Å². The van der Waals surface area contributed by atoms with Gasteiger partial charge in [-0.1, -0.05) is 11.6 Å². The van der Waals surface area contributed by atoms with E-state index in [0.717, 1.165) is 0 Å². The number of hydrogen-bond acceptors (Lipinski definition) is 6. The van der Waals surface area contributed by atoms with Crippen molar-refractivity contribution in [1.82, 2.24) is 4.90 Å². The molecule has 0 spiro atoms. The molecule has 2 aromatic heterocycles. The summed E-state index contributed by atoms with van der Waals surface area (Å²) in [5.74, 6) is -0.667. The minimum absolute atomic E-state index is 0.0447. The Morgan fingerprint density at radius 2 is 1.93 bits per heavy atom. The summed E-state index contributed by atoms with van der Waals surface area (Å²) in [6.07, 6.45) is 2.92. The van der Waals surface area contributed by atoms with Crippen molar-refractivity contribution in [3.05, 3.63) is 82.7 Å². The highest BCUT2D eigenvalue weighted by molar-refractivity contribution is 6.46. The molecule has 1 atom stereocenters. The molecule has 1 saturated heterocycles. The molecule has 1 unspecified atom stereocenters. The van der Waals surface area contributed by atoms with E-state index in [9.17, 15) is 14.7 Å². The van der Waals surface area contributed by atoms with Crippen LogP contribution < -0.4 is 4.74 Å². The van der Waals surface area contributed by atoms with E-state index < -0.39 is 17.7 Å². The quantitative estimate of drug-likeness (QED) is 0.383. The number of methoxy groups -OCH3 is 1. The van der Waals surface area contributed by atoms with E-state index in [4.69, 9.17) is 25.2 Å². The van der Waals surface area contributed by atoms with E-state index in [1.54, 1.807) is 36.4 Å². The molecule has 8 heteroatoms. The molecule has 3 aromatic rings. The number of aliphatic hydroxyl groups is 1. The minimum atomic E-state index is -0.907. The van der Waals surface area contributed by atoms with Crippen molar-refractivity contribution in [3.63, 3.8) is 0 Å². The Hall–Kier alpha value is -3.45. The third-order valence-corrected chi connectivity index (χ3v) is 4.98. The van der Waals surface area contributed by atoms with Crippen molar-refractivity contribution in [2.45, 2.75) is 12.6 Å². The number of furan rings is 2. The number of ketones is 1. The van der Waals surface area contributed by atoms with Gasteiger partial charge in [0.25, 0.3) is 11.7 Å². The SMILES string of the molecule is COc1ccc(/C(O)=C2/C(=O)C(=O)N(Cc3ccco3)C2c2ccco2)cc1Cl. The average Bonchev–Trinajstić information content (AvgIpc) is 3.46. The van der Waals surface area contributed by atoms with Crippen LogP contribution in [0.2, 0.25) is 5.02 Å². The molecule has 29 heavy (non-hydrogen) atoms. The Bertz CT molecular complexity index is 1080. The van der Waals surface area contributed by atoms with Crippen molar-refractivity contribution in [2.24, 2.45) is 0 Å². The molecule has 1 aliphatic heterocycles. The molecule has 1 amide bonds. The molecule has 1 N–H and O–H groups in total. The second kappa shape index (κ2) is 7.52. The molecule has 0 bridgehead atoms. The third-order valence-electron chi connectivity index (χ3n) is 4.68. The number of carbonyl (C=O) groups is 2. The Labute approximate surface area is 170 Å². The molecular formula is C21H16ClNO6. The number of likely N-dealkylation sites (tertiary alicyclic amines) is 1. The van der Waals surface area contributed by atoms with Gasteiger partial charge in [0.15, 0.2) is 0 Å². The predicted molar refractivity (Wildman–Crippen MR) is 103 cm³/mol. The second-order valence-corrected chi connectivity index (χ2v) is 6.78. The number of amides is 1. The summed E-state index contributed by atoms with van der Waals surface area (Å²) in [6, 6.07) is 10.4. The summed E-state index contributed by atoms with van der Waals surface area (Å²) in [5.41, 5.74) is 0.195. The summed E-state index contributed by atoms with van der Waals surface area (Å²) in [5, 5.41) is 11.2. The van der Waals surface area contributed by atoms with E-state index in [-0.39, 0.29) is 28.5 Å². The number of nitrogens with zero attached hydrogens (tertiary/aromatic N) is 1. The van der Waals surface area contributed by atoms with Crippen LogP contribution in [0.5, 0.6) is 5.75 Å². The van der Waals surface area contributed by atoms with Crippen LogP contribution in [0.4, 0.5) is 0 Å². The van der Waals surface area contributed by atoms with Crippen molar-refractivity contribution in [2.75, 3.05) is 7.11 Å². The van der Waals surface area contributed by atoms with E-state index in [0.29, 0.717) is 17.3 Å². The standard InChI is InChI=1S/C21H16ClNO6/c1-27-15-7-6-12(10-14(15)22)19(24)17-18(16-5-3-9-29-16)23(21(26)20(17)25)11-13-4-2-8-28-13/h2-10,18,24H,11H2,1H3/b19-17-. The second-order valence-electron chi connectivity index (χ2n) is 6.37. The number of rotatable bonds is 5. The first-order chi connectivity index (χ1) is 14.0. The highest BCUT2D eigenvalue weighted by atomic mass is 35.5. The maximum atomic E-state index is 12.8. The molecular weight excluding hydrogens is 398 g/mol. The molecule has 4 rings (SSSR count). The van der Waals surface area contributed by atoms with Crippen molar-refractivity contribution < 1.29 is 28.3 Å². The number of halogens is 1. The zero-order valence-electron chi connectivity index (χ0n) is 15.3. The number of benzene rings is 1. The lowest BCUT2D eigenvalue weighted by atomic mass is 9.99. The van der Waals surface area contributed by atoms with Gasteiger partial charge in [-0.3, -0.25) is 9.59 Å². The average molecular weight is 414 g/mol. The van der Waals surface area contributed by atoms with Gasteiger partial charge in [0.1, 0.15) is 29.1 Å². The maximum Gasteiger partial charge on any atom is 0.296 e. The van der Waals surface area contributed by atoms with Gasteiger partial charge in [-0.2, -0.15) is 0 Å². The largest absolute Gasteiger partial charge is 0.507 e. The van der Waals surface area contributed by atoms with Gasteiger partial charge in [0.05, 0.1) is 36.8 Å². The summed E-state index contributed by atoms with van der Waals surface area (Å²) in [4.78, 5) is 26.9. The number of aliphatic hydroxyl groups excluding tert-OH is 1. The fraction of sp³-hybridized carbons (Fsp3) is 0.143. The smallest absolute Gasteiger partial charge is 0.296 e. The lowest BCUT2D eigenvalue weighted by Crippen LogP contribution is -2.28.